The molecule has 0 spiro atoms. The molecule has 0 unspecified atom stereocenters. The van der Waals surface area contributed by atoms with Gasteiger partial charge in [-0.15, -0.1) is 0 Å². The molecular weight excluding hydrogens is 204 g/mol. The van der Waals surface area contributed by atoms with Crippen molar-refractivity contribution in [1.82, 2.24) is 14.8 Å². The first-order chi connectivity index (χ1) is 7.77. The van der Waals surface area contributed by atoms with Crippen LogP contribution in [0.2, 0.25) is 0 Å². The number of nitrogens with zero attached hydrogens (tertiary/aromatic N) is 3. The van der Waals surface area contributed by atoms with Crippen molar-refractivity contribution < 1.29 is 4.79 Å². The minimum absolute atomic E-state index is 0.137. The molecule has 1 amide bonds. The Labute approximate surface area is 93.1 Å². The number of rotatable bonds is 3. The van der Waals surface area contributed by atoms with Crippen molar-refractivity contribution in [1.29, 1.82) is 0 Å². The zero-order chi connectivity index (χ0) is 11.4. The van der Waals surface area contributed by atoms with Crippen molar-refractivity contribution >= 4 is 11.7 Å². The molecule has 0 fully saturated rings. The molecule has 16 heavy (non-hydrogen) atoms. The SMILES string of the molecule is C[C@H](C(=O)Nc1ccccn1)n1cccn1. The van der Waals surface area contributed by atoms with Crippen LogP contribution in [0.25, 0.3) is 0 Å². The largest absolute Gasteiger partial charge is 0.309 e. The normalized spacial score (nSPS) is 12.1. The van der Waals surface area contributed by atoms with Gasteiger partial charge in [-0.1, -0.05) is 6.07 Å². The number of amides is 1. The molecule has 1 atom stereocenters. The molecule has 5 heteroatoms. The number of pyridine rings is 1. The molecule has 0 aliphatic carbocycles. The lowest BCUT2D eigenvalue weighted by Gasteiger charge is -2.11. The second-order valence-corrected chi connectivity index (χ2v) is 3.37. The van der Waals surface area contributed by atoms with E-state index in [1.54, 1.807) is 48.4 Å². The highest BCUT2D eigenvalue weighted by Crippen LogP contribution is 2.07. The summed E-state index contributed by atoms with van der Waals surface area (Å²) in [7, 11) is 0. The van der Waals surface area contributed by atoms with E-state index < -0.39 is 0 Å². The summed E-state index contributed by atoms with van der Waals surface area (Å²) in [5.74, 6) is 0.411. The van der Waals surface area contributed by atoms with Crippen LogP contribution in [0.1, 0.15) is 13.0 Å². The van der Waals surface area contributed by atoms with Gasteiger partial charge in [-0.05, 0) is 25.1 Å². The van der Waals surface area contributed by atoms with E-state index in [9.17, 15) is 4.79 Å². The molecule has 0 saturated heterocycles. The van der Waals surface area contributed by atoms with Crippen LogP contribution in [0.3, 0.4) is 0 Å². The average molecular weight is 216 g/mol. The number of carbonyl (C=O) groups excluding carboxylic acids is 1. The lowest BCUT2D eigenvalue weighted by molar-refractivity contribution is -0.119. The maximum atomic E-state index is 11.8. The van der Waals surface area contributed by atoms with E-state index in [1.807, 2.05) is 6.07 Å². The predicted octanol–water partition coefficient (Wildman–Crippen LogP) is 1.48. The van der Waals surface area contributed by atoms with E-state index in [2.05, 4.69) is 15.4 Å². The summed E-state index contributed by atoms with van der Waals surface area (Å²) in [5, 5.41) is 6.73. The van der Waals surface area contributed by atoms with Gasteiger partial charge in [-0.25, -0.2) is 4.98 Å². The number of aromatic nitrogens is 3. The van der Waals surface area contributed by atoms with Crippen LogP contribution >= 0.6 is 0 Å². The van der Waals surface area contributed by atoms with Crippen LogP contribution in [-0.2, 0) is 4.79 Å². The van der Waals surface area contributed by atoms with Crippen LogP contribution < -0.4 is 5.32 Å². The predicted molar refractivity (Wildman–Crippen MR) is 59.8 cm³/mol. The van der Waals surface area contributed by atoms with E-state index in [-0.39, 0.29) is 11.9 Å². The zero-order valence-electron chi connectivity index (χ0n) is 8.87. The number of nitrogens with one attached hydrogen (secondary N) is 1. The third kappa shape index (κ3) is 2.25. The van der Waals surface area contributed by atoms with Crippen LogP contribution in [-0.4, -0.2) is 20.7 Å². The van der Waals surface area contributed by atoms with Crippen LogP contribution in [0.4, 0.5) is 5.82 Å². The Morgan fingerprint density at radius 3 is 2.88 bits per heavy atom. The second kappa shape index (κ2) is 4.57. The molecule has 0 aliphatic rings. The van der Waals surface area contributed by atoms with Gasteiger partial charge in [-0.3, -0.25) is 9.48 Å². The van der Waals surface area contributed by atoms with Crippen molar-refractivity contribution in [3.8, 4) is 0 Å². The standard InChI is InChI=1S/C11H12N4O/c1-9(15-8-4-7-13-15)11(16)14-10-5-2-3-6-12-10/h2-9H,1H3,(H,12,14,16)/t9-/m1/s1. The fraction of sp³-hybridized carbons (Fsp3) is 0.182. The molecule has 0 saturated carbocycles. The zero-order valence-corrected chi connectivity index (χ0v) is 8.87. The van der Waals surface area contributed by atoms with Crippen molar-refractivity contribution in [3.05, 3.63) is 42.9 Å². The van der Waals surface area contributed by atoms with Gasteiger partial charge in [0.2, 0.25) is 5.91 Å². The number of hydrogen-bond acceptors (Lipinski definition) is 3. The fourth-order valence-electron chi connectivity index (χ4n) is 1.30. The molecule has 2 heterocycles. The Hall–Kier alpha value is -2.17. The summed E-state index contributed by atoms with van der Waals surface area (Å²) in [6.45, 7) is 1.78. The molecular formula is C11H12N4O. The highest BCUT2D eigenvalue weighted by Gasteiger charge is 2.14. The van der Waals surface area contributed by atoms with Crippen LogP contribution in [0, 0.1) is 0 Å². The summed E-state index contributed by atoms with van der Waals surface area (Å²) in [6.07, 6.45) is 5.03. The van der Waals surface area contributed by atoms with Crippen LogP contribution in [0.15, 0.2) is 42.9 Å². The second-order valence-electron chi connectivity index (χ2n) is 3.37. The molecule has 1 N–H and O–H groups in total. The maximum absolute atomic E-state index is 11.8. The van der Waals surface area contributed by atoms with Crippen LogP contribution in [0.5, 0.6) is 0 Å². The van der Waals surface area contributed by atoms with E-state index in [0.29, 0.717) is 5.82 Å². The average Bonchev–Trinajstić information content (AvgIpc) is 2.83. The summed E-state index contributed by atoms with van der Waals surface area (Å²) < 4.78 is 1.60. The third-order valence-electron chi connectivity index (χ3n) is 2.22. The molecule has 2 aromatic rings. The van der Waals surface area contributed by atoms with Crippen molar-refractivity contribution in [2.24, 2.45) is 0 Å². The van der Waals surface area contributed by atoms with Gasteiger partial charge in [0, 0.05) is 18.6 Å². The number of carbonyl (C=O) groups is 1. The molecule has 0 aliphatic heterocycles. The molecule has 2 aromatic heterocycles. The van der Waals surface area contributed by atoms with Crippen molar-refractivity contribution in [2.45, 2.75) is 13.0 Å². The Balaban J connectivity index is 2.04. The van der Waals surface area contributed by atoms with E-state index in [0.717, 1.165) is 0 Å². The topological polar surface area (TPSA) is 59.8 Å². The third-order valence-corrected chi connectivity index (χ3v) is 2.22. The quantitative estimate of drug-likeness (QED) is 0.845. The summed E-state index contributed by atoms with van der Waals surface area (Å²) in [5.41, 5.74) is 0. The summed E-state index contributed by atoms with van der Waals surface area (Å²) in [4.78, 5) is 15.8. The summed E-state index contributed by atoms with van der Waals surface area (Å²) >= 11 is 0. The smallest absolute Gasteiger partial charge is 0.250 e. The first-order valence-corrected chi connectivity index (χ1v) is 4.98. The highest BCUT2D eigenvalue weighted by atomic mass is 16.2. The van der Waals surface area contributed by atoms with Gasteiger partial charge in [0.05, 0.1) is 0 Å². The first-order valence-electron chi connectivity index (χ1n) is 4.98. The molecule has 0 radical (unpaired) electrons. The number of anilines is 1. The molecule has 5 nitrogen and oxygen atoms in total. The minimum atomic E-state index is -0.350. The Bertz CT molecular complexity index is 452. The molecule has 2 rings (SSSR count). The lowest BCUT2D eigenvalue weighted by Crippen LogP contribution is -2.24. The van der Waals surface area contributed by atoms with Crippen molar-refractivity contribution in [3.63, 3.8) is 0 Å². The lowest BCUT2D eigenvalue weighted by atomic mass is 10.3. The number of hydrogen-bond donors (Lipinski definition) is 1. The van der Waals surface area contributed by atoms with Gasteiger partial charge in [0.25, 0.3) is 0 Å². The van der Waals surface area contributed by atoms with Gasteiger partial charge in [0.15, 0.2) is 0 Å². The fourth-order valence-corrected chi connectivity index (χ4v) is 1.30. The Morgan fingerprint density at radius 1 is 1.38 bits per heavy atom. The van der Waals surface area contributed by atoms with E-state index >= 15 is 0 Å². The van der Waals surface area contributed by atoms with E-state index in [1.165, 1.54) is 0 Å². The Morgan fingerprint density at radius 2 is 2.25 bits per heavy atom. The van der Waals surface area contributed by atoms with Gasteiger partial charge in [0.1, 0.15) is 11.9 Å². The van der Waals surface area contributed by atoms with Gasteiger partial charge >= 0.3 is 0 Å². The monoisotopic (exact) mass is 216 g/mol. The van der Waals surface area contributed by atoms with Gasteiger partial charge < -0.3 is 5.32 Å². The minimum Gasteiger partial charge on any atom is -0.309 e. The molecule has 82 valence electrons. The molecule has 0 bridgehead atoms. The van der Waals surface area contributed by atoms with Crippen molar-refractivity contribution in [2.75, 3.05) is 5.32 Å². The molecule has 0 aromatic carbocycles. The highest BCUT2D eigenvalue weighted by molar-refractivity contribution is 5.92. The van der Waals surface area contributed by atoms with Gasteiger partial charge in [-0.2, -0.15) is 5.10 Å². The first kappa shape index (κ1) is 10.4. The Kier molecular flexibility index (Phi) is 2.95. The van der Waals surface area contributed by atoms with E-state index in [4.69, 9.17) is 0 Å². The maximum Gasteiger partial charge on any atom is 0.250 e. The summed E-state index contributed by atoms with van der Waals surface area (Å²) in [6, 6.07) is 6.79.